The van der Waals surface area contributed by atoms with Crippen molar-refractivity contribution in [1.82, 2.24) is 5.32 Å². The van der Waals surface area contributed by atoms with Gasteiger partial charge >= 0.3 is 17.9 Å². The minimum absolute atomic E-state index is 0.303. The van der Waals surface area contributed by atoms with Gasteiger partial charge in [-0.1, -0.05) is 69.3 Å². The topological polar surface area (TPSA) is 174 Å². The van der Waals surface area contributed by atoms with Crippen LogP contribution in [0.1, 0.15) is 18.9 Å². The number of carboxylic acid groups (broad SMARTS) is 2. The van der Waals surface area contributed by atoms with Gasteiger partial charge in [-0.05, 0) is 18.6 Å². The molecule has 1 aromatic rings. The normalized spacial score (nSPS) is 7.57. The Bertz CT molecular complexity index is 834. The van der Waals surface area contributed by atoms with Gasteiger partial charge in [0.1, 0.15) is 6.73 Å². The highest BCUT2D eigenvalue weighted by atomic mass is 16.5. The smallest absolute Gasteiger partial charge is 0.331 e. The van der Waals surface area contributed by atoms with Crippen LogP contribution < -0.4 is 5.32 Å². The number of hydrogen-bond donors (Lipinski definition) is 4. The van der Waals surface area contributed by atoms with E-state index in [1.54, 1.807) is 13.0 Å². The van der Waals surface area contributed by atoms with Gasteiger partial charge in [-0.3, -0.25) is 9.59 Å². The zero-order valence-electron chi connectivity index (χ0n) is 19.7. The van der Waals surface area contributed by atoms with Gasteiger partial charge in [0.05, 0.1) is 19.1 Å². The van der Waals surface area contributed by atoms with Crippen LogP contribution in [-0.2, 0) is 23.9 Å². The number of carbonyl (C=O) groups excluding carboxylic acids is 2. The summed E-state index contributed by atoms with van der Waals surface area (Å²) >= 11 is 0. The highest BCUT2D eigenvalue weighted by molar-refractivity contribution is 5.91. The van der Waals surface area contributed by atoms with Crippen molar-refractivity contribution in [3.8, 4) is 6.07 Å². The Morgan fingerprint density at radius 3 is 1.74 bits per heavy atom. The van der Waals surface area contributed by atoms with Crippen LogP contribution in [0.25, 0.3) is 6.08 Å². The lowest BCUT2D eigenvalue weighted by molar-refractivity contribution is -0.139. The standard InChI is InChI=1S/C8H8.C5H6O4.C5H8O2.C4H7NO2.C3H3N/c1-2-8-6-4-3-5-7-8;1-3(5(8)9)2-4(6)7;1-3-5(6)7-4-2;1-2-4(7)5-3-6;1-2-3-4/h2-7H,1H2;1-2H2,(H,6,7)(H,8,9);3H,1,4H2,2H3;2,6H,1,3H2,(H,5,7);2H,1H2. The number of nitriles is 1. The van der Waals surface area contributed by atoms with Gasteiger partial charge in [0, 0.05) is 17.7 Å². The molecule has 4 N–H and O–H groups in total. The summed E-state index contributed by atoms with van der Waals surface area (Å²) in [4.78, 5) is 39.8. The molecule has 0 aliphatic carbocycles. The Balaban J connectivity index is -0.000000175. The maximum absolute atomic E-state index is 10.1. The van der Waals surface area contributed by atoms with E-state index in [9.17, 15) is 19.2 Å². The number of aliphatic hydroxyl groups is 1. The number of carbonyl (C=O) groups is 4. The lowest BCUT2D eigenvalue weighted by atomic mass is 10.2. The molecular formula is C25H32N2O8. The summed E-state index contributed by atoms with van der Waals surface area (Å²) < 4.78 is 4.43. The molecule has 0 spiro atoms. The van der Waals surface area contributed by atoms with Gasteiger partial charge < -0.3 is 25.4 Å². The van der Waals surface area contributed by atoms with Crippen LogP contribution in [0, 0.1) is 11.3 Å². The number of rotatable bonds is 8. The molecule has 10 heteroatoms. The molecule has 1 amide bonds. The number of nitrogens with one attached hydrogen (secondary N) is 1. The Morgan fingerprint density at radius 2 is 1.57 bits per heavy atom. The fourth-order valence-electron chi connectivity index (χ4n) is 1.20. The molecule has 0 aromatic heterocycles. The fourth-order valence-corrected chi connectivity index (χ4v) is 1.20. The van der Waals surface area contributed by atoms with Crippen LogP contribution in [0.5, 0.6) is 0 Å². The van der Waals surface area contributed by atoms with Crippen LogP contribution in [0.2, 0.25) is 0 Å². The van der Waals surface area contributed by atoms with Gasteiger partial charge in [0.15, 0.2) is 0 Å². The lowest BCUT2D eigenvalue weighted by Crippen LogP contribution is -2.20. The minimum Gasteiger partial charge on any atom is -0.481 e. The number of nitrogens with zero attached hydrogens (tertiary/aromatic N) is 1. The predicted molar refractivity (Wildman–Crippen MR) is 134 cm³/mol. The molecule has 35 heavy (non-hydrogen) atoms. The van der Waals surface area contributed by atoms with Crippen LogP contribution in [0.15, 0.2) is 87.0 Å². The number of aliphatic carboxylic acids is 2. The maximum atomic E-state index is 10.1. The van der Waals surface area contributed by atoms with Crippen molar-refractivity contribution in [2.45, 2.75) is 13.3 Å². The number of hydrogen-bond acceptors (Lipinski definition) is 7. The summed E-state index contributed by atoms with van der Waals surface area (Å²) in [6.07, 6.45) is 4.75. The number of amides is 1. The van der Waals surface area contributed by atoms with E-state index >= 15 is 0 Å². The molecule has 0 fully saturated rings. The molecule has 1 rings (SSSR count). The van der Waals surface area contributed by atoms with E-state index in [0.717, 1.165) is 12.2 Å². The molecule has 0 saturated carbocycles. The van der Waals surface area contributed by atoms with Gasteiger partial charge in [-0.15, -0.1) is 0 Å². The van der Waals surface area contributed by atoms with E-state index in [-0.39, 0.29) is 24.2 Å². The van der Waals surface area contributed by atoms with Crippen molar-refractivity contribution in [2.75, 3.05) is 13.3 Å². The van der Waals surface area contributed by atoms with E-state index in [1.165, 1.54) is 11.6 Å². The molecule has 0 heterocycles. The van der Waals surface area contributed by atoms with Crippen LogP contribution in [-0.4, -0.2) is 52.5 Å². The molecule has 0 bridgehead atoms. The summed E-state index contributed by atoms with van der Waals surface area (Å²) in [5.74, 6) is -3.16. The first kappa shape index (κ1) is 37.6. The second kappa shape index (κ2) is 29.2. The van der Waals surface area contributed by atoms with Crippen LogP contribution in [0.3, 0.4) is 0 Å². The molecule has 0 radical (unpaired) electrons. The van der Waals surface area contributed by atoms with E-state index < -0.39 is 18.4 Å². The van der Waals surface area contributed by atoms with Gasteiger partial charge in [0.25, 0.3) is 0 Å². The Hall–Kier alpha value is -4.75. The van der Waals surface area contributed by atoms with E-state index in [0.29, 0.717) is 6.61 Å². The molecule has 0 unspecified atom stereocenters. The molecule has 0 saturated heterocycles. The first-order valence-electron chi connectivity index (χ1n) is 9.62. The van der Waals surface area contributed by atoms with Crippen LogP contribution in [0.4, 0.5) is 0 Å². The number of ether oxygens (including phenoxy) is 1. The predicted octanol–water partition coefficient (Wildman–Crippen LogP) is 3.10. The van der Waals surface area contributed by atoms with Crippen molar-refractivity contribution in [3.05, 3.63) is 92.6 Å². The summed E-state index contributed by atoms with van der Waals surface area (Å²) in [6.45, 7) is 18.0. The van der Waals surface area contributed by atoms with E-state index in [4.69, 9.17) is 20.6 Å². The molecule has 0 aliphatic rings. The van der Waals surface area contributed by atoms with E-state index in [2.05, 4.69) is 42.9 Å². The molecular weight excluding hydrogens is 456 g/mol. The summed E-state index contributed by atoms with van der Waals surface area (Å²) in [7, 11) is 0. The van der Waals surface area contributed by atoms with Crippen molar-refractivity contribution in [3.63, 3.8) is 0 Å². The monoisotopic (exact) mass is 488 g/mol. The Labute approximate surface area is 205 Å². The number of aliphatic hydroxyl groups excluding tert-OH is 1. The first-order valence-corrected chi connectivity index (χ1v) is 9.62. The van der Waals surface area contributed by atoms with Gasteiger partial charge in [-0.25, -0.2) is 9.59 Å². The molecule has 0 atom stereocenters. The third-order valence-corrected chi connectivity index (χ3v) is 2.69. The number of carboxylic acids is 2. The molecule has 190 valence electrons. The largest absolute Gasteiger partial charge is 0.481 e. The zero-order chi connectivity index (χ0) is 28.1. The zero-order valence-corrected chi connectivity index (χ0v) is 19.7. The maximum Gasteiger partial charge on any atom is 0.331 e. The molecule has 1 aromatic carbocycles. The van der Waals surface area contributed by atoms with Crippen molar-refractivity contribution in [1.29, 1.82) is 5.26 Å². The Morgan fingerprint density at radius 1 is 1.06 bits per heavy atom. The quantitative estimate of drug-likeness (QED) is 0.185. The van der Waals surface area contributed by atoms with E-state index in [1.807, 2.05) is 36.4 Å². The number of benzene rings is 1. The summed E-state index contributed by atoms with van der Waals surface area (Å²) in [5.41, 5.74) is 0.870. The van der Waals surface area contributed by atoms with Crippen LogP contribution >= 0.6 is 0 Å². The highest BCUT2D eigenvalue weighted by Gasteiger charge is 2.07. The minimum atomic E-state index is -1.27. The number of esters is 1. The Kier molecular flexibility index (Phi) is 31.4. The highest BCUT2D eigenvalue weighted by Crippen LogP contribution is 1.97. The molecule has 10 nitrogen and oxygen atoms in total. The van der Waals surface area contributed by atoms with Gasteiger partial charge in [0.2, 0.25) is 5.91 Å². The second-order valence-corrected chi connectivity index (χ2v) is 5.29. The first-order chi connectivity index (χ1) is 16.5. The third kappa shape index (κ3) is 36.9. The lowest BCUT2D eigenvalue weighted by Gasteiger charge is -1.91. The average molecular weight is 489 g/mol. The average Bonchev–Trinajstić information content (AvgIpc) is 2.85. The summed E-state index contributed by atoms with van der Waals surface area (Å²) in [6, 6.07) is 11.7. The van der Waals surface area contributed by atoms with Gasteiger partial charge in [-0.2, -0.15) is 5.26 Å². The van der Waals surface area contributed by atoms with Crippen molar-refractivity contribution in [2.24, 2.45) is 0 Å². The third-order valence-electron chi connectivity index (χ3n) is 2.69. The van der Waals surface area contributed by atoms with Crippen molar-refractivity contribution < 1.29 is 39.2 Å². The fraction of sp³-hybridized carbons (Fsp3) is 0.160. The number of allylic oxidation sites excluding steroid dienone is 1. The second-order valence-electron chi connectivity index (χ2n) is 5.29. The molecule has 0 aliphatic heterocycles. The SMILES string of the molecule is C=C(CC(=O)O)C(=O)O.C=CC#N.C=CC(=O)NCO.C=CC(=O)OCC.C=Cc1ccccc1. The van der Waals surface area contributed by atoms with Crippen molar-refractivity contribution >= 4 is 29.9 Å². The summed E-state index contributed by atoms with van der Waals surface area (Å²) in [5, 5.41) is 33.7.